The Kier molecular flexibility index (Phi) is 4.94. The van der Waals surface area contributed by atoms with E-state index in [1.807, 2.05) is 37.3 Å². The zero-order valence-electron chi connectivity index (χ0n) is 11.3. The number of carbonyl (C=O) groups excluding carboxylic acids is 1. The number of hydrogen-bond acceptors (Lipinski definition) is 3. The summed E-state index contributed by atoms with van der Waals surface area (Å²) in [5.41, 5.74) is 1.00. The van der Waals surface area contributed by atoms with Gasteiger partial charge in [-0.15, -0.1) is 0 Å². The predicted octanol–water partition coefficient (Wildman–Crippen LogP) is 2.80. The van der Waals surface area contributed by atoms with Gasteiger partial charge in [0.2, 0.25) is 0 Å². The van der Waals surface area contributed by atoms with Gasteiger partial charge < -0.3 is 10.1 Å². The third kappa shape index (κ3) is 4.28. The molecule has 0 saturated heterocycles. The minimum Gasteiger partial charge on any atom is -0.494 e. The highest BCUT2D eigenvalue weighted by molar-refractivity contribution is 5.88. The molecule has 0 unspecified atom stereocenters. The standard InChI is InChI=1S/C15H17N3O2/c1-2-20-13-8-6-12(7-9-13)11-17-15(19)18-14-5-3-4-10-16-14/h3-10H,2,11H2,1H3,(H2,16,17,18,19). The molecule has 0 aliphatic carbocycles. The van der Waals surface area contributed by atoms with Gasteiger partial charge in [0.25, 0.3) is 0 Å². The number of ether oxygens (including phenoxy) is 1. The van der Waals surface area contributed by atoms with Gasteiger partial charge >= 0.3 is 6.03 Å². The van der Waals surface area contributed by atoms with E-state index in [9.17, 15) is 4.79 Å². The lowest BCUT2D eigenvalue weighted by Crippen LogP contribution is -2.28. The number of pyridine rings is 1. The second-order valence-corrected chi connectivity index (χ2v) is 4.10. The number of urea groups is 1. The van der Waals surface area contributed by atoms with Crippen molar-refractivity contribution < 1.29 is 9.53 Å². The molecule has 5 nitrogen and oxygen atoms in total. The summed E-state index contributed by atoms with van der Waals surface area (Å²) in [7, 11) is 0. The number of aromatic nitrogens is 1. The fourth-order valence-electron chi connectivity index (χ4n) is 1.65. The highest BCUT2D eigenvalue weighted by Crippen LogP contribution is 2.11. The lowest BCUT2D eigenvalue weighted by molar-refractivity contribution is 0.251. The number of hydrogen-bond donors (Lipinski definition) is 2. The molecule has 104 valence electrons. The SMILES string of the molecule is CCOc1ccc(CNC(=O)Nc2ccccn2)cc1. The second-order valence-electron chi connectivity index (χ2n) is 4.10. The number of benzene rings is 1. The fourth-order valence-corrected chi connectivity index (χ4v) is 1.65. The second kappa shape index (κ2) is 7.13. The van der Waals surface area contributed by atoms with Gasteiger partial charge in [-0.1, -0.05) is 18.2 Å². The van der Waals surface area contributed by atoms with Crippen LogP contribution >= 0.6 is 0 Å². The van der Waals surface area contributed by atoms with Crippen LogP contribution in [0.3, 0.4) is 0 Å². The van der Waals surface area contributed by atoms with Gasteiger partial charge in [-0.3, -0.25) is 5.32 Å². The molecule has 20 heavy (non-hydrogen) atoms. The molecule has 2 rings (SSSR count). The van der Waals surface area contributed by atoms with Crippen LogP contribution in [0.2, 0.25) is 0 Å². The Bertz CT molecular complexity index is 541. The van der Waals surface area contributed by atoms with Crippen LogP contribution in [0.15, 0.2) is 48.7 Å². The Balaban J connectivity index is 1.81. The summed E-state index contributed by atoms with van der Waals surface area (Å²) in [6.45, 7) is 3.03. The maximum Gasteiger partial charge on any atom is 0.320 e. The molecule has 0 saturated carbocycles. The summed E-state index contributed by atoms with van der Waals surface area (Å²) in [6.07, 6.45) is 1.63. The molecule has 2 aromatic rings. The molecule has 5 heteroatoms. The summed E-state index contributed by atoms with van der Waals surface area (Å²) in [6, 6.07) is 12.7. The Morgan fingerprint density at radius 1 is 1.20 bits per heavy atom. The first-order chi connectivity index (χ1) is 9.78. The summed E-state index contributed by atoms with van der Waals surface area (Å²) in [5, 5.41) is 5.43. The maximum atomic E-state index is 11.7. The molecular formula is C15H17N3O2. The molecule has 0 bridgehead atoms. The van der Waals surface area contributed by atoms with E-state index in [2.05, 4.69) is 15.6 Å². The smallest absolute Gasteiger partial charge is 0.320 e. The molecule has 2 amide bonds. The van der Waals surface area contributed by atoms with Gasteiger partial charge in [0.05, 0.1) is 6.61 Å². The first kappa shape index (κ1) is 13.9. The minimum atomic E-state index is -0.280. The van der Waals surface area contributed by atoms with Gasteiger partial charge in [-0.05, 0) is 36.8 Å². The van der Waals surface area contributed by atoms with Crippen LogP contribution in [-0.2, 0) is 6.54 Å². The van der Waals surface area contributed by atoms with Gasteiger partial charge in [0.1, 0.15) is 11.6 Å². The van der Waals surface area contributed by atoms with Crippen LogP contribution in [0.4, 0.5) is 10.6 Å². The fraction of sp³-hybridized carbons (Fsp3) is 0.200. The highest BCUT2D eigenvalue weighted by atomic mass is 16.5. The van der Waals surface area contributed by atoms with Crippen LogP contribution in [-0.4, -0.2) is 17.6 Å². The minimum absolute atomic E-state index is 0.280. The Hall–Kier alpha value is -2.56. The molecule has 0 spiro atoms. The summed E-state index contributed by atoms with van der Waals surface area (Å²) in [5.74, 6) is 1.35. The molecule has 0 atom stereocenters. The number of amides is 2. The molecule has 1 aromatic heterocycles. The Morgan fingerprint density at radius 2 is 2.00 bits per heavy atom. The van der Waals surface area contributed by atoms with Crippen LogP contribution in [0.5, 0.6) is 5.75 Å². The number of rotatable bonds is 5. The quantitative estimate of drug-likeness (QED) is 0.879. The van der Waals surface area contributed by atoms with Crippen molar-refractivity contribution in [2.24, 2.45) is 0 Å². The molecule has 2 N–H and O–H groups in total. The monoisotopic (exact) mass is 271 g/mol. The summed E-state index contributed by atoms with van der Waals surface area (Å²) in [4.78, 5) is 15.7. The largest absolute Gasteiger partial charge is 0.494 e. The van der Waals surface area contributed by atoms with E-state index in [4.69, 9.17) is 4.74 Å². The third-order valence-electron chi connectivity index (χ3n) is 2.59. The summed E-state index contributed by atoms with van der Waals surface area (Å²) >= 11 is 0. The highest BCUT2D eigenvalue weighted by Gasteiger charge is 2.02. The van der Waals surface area contributed by atoms with E-state index in [0.717, 1.165) is 11.3 Å². The van der Waals surface area contributed by atoms with Crippen molar-refractivity contribution in [1.82, 2.24) is 10.3 Å². The van der Waals surface area contributed by atoms with E-state index in [-0.39, 0.29) is 6.03 Å². The zero-order valence-corrected chi connectivity index (χ0v) is 11.3. The van der Waals surface area contributed by atoms with Gasteiger partial charge in [0.15, 0.2) is 0 Å². The van der Waals surface area contributed by atoms with Gasteiger partial charge in [-0.25, -0.2) is 9.78 Å². The lowest BCUT2D eigenvalue weighted by Gasteiger charge is -2.08. The van der Waals surface area contributed by atoms with Gasteiger partial charge in [0, 0.05) is 12.7 Å². The van der Waals surface area contributed by atoms with E-state index in [0.29, 0.717) is 19.0 Å². The zero-order chi connectivity index (χ0) is 14.2. The van der Waals surface area contributed by atoms with Crippen LogP contribution in [0.1, 0.15) is 12.5 Å². The van der Waals surface area contributed by atoms with Crippen LogP contribution in [0.25, 0.3) is 0 Å². The average molecular weight is 271 g/mol. The molecule has 0 aliphatic rings. The molecule has 0 aliphatic heterocycles. The first-order valence-corrected chi connectivity index (χ1v) is 6.45. The van der Waals surface area contributed by atoms with Crippen molar-refractivity contribution in [3.05, 3.63) is 54.2 Å². The Morgan fingerprint density at radius 3 is 2.65 bits per heavy atom. The Labute approximate surface area is 118 Å². The van der Waals surface area contributed by atoms with Crippen LogP contribution in [0, 0.1) is 0 Å². The number of nitrogens with zero attached hydrogens (tertiary/aromatic N) is 1. The van der Waals surface area contributed by atoms with Gasteiger partial charge in [-0.2, -0.15) is 0 Å². The molecule has 1 aromatic carbocycles. The molecule has 0 radical (unpaired) electrons. The third-order valence-corrected chi connectivity index (χ3v) is 2.59. The number of anilines is 1. The topological polar surface area (TPSA) is 63.2 Å². The van der Waals surface area contributed by atoms with Crippen molar-refractivity contribution in [2.45, 2.75) is 13.5 Å². The normalized spacial score (nSPS) is 9.85. The van der Waals surface area contributed by atoms with Crippen molar-refractivity contribution in [2.75, 3.05) is 11.9 Å². The van der Waals surface area contributed by atoms with E-state index in [1.165, 1.54) is 0 Å². The average Bonchev–Trinajstić information content (AvgIpc) is 2.48. The van der Waals surface area contributed by atoms with Crippen molar-refractivity contribution in [3.63, 3.8) is 0 Å². The lowest BCUT2D eigenvalue weighted by atomic mass is 10.2. The summed E-state index contributed by atoms with van der Waals surface area (Å²) < 4.78 is 5.36. The predicted molar refractivity (Wildman–Crippen MR) is 77.7 cm³/mol. The van der Waals surface area contributed by atoms with E-state index < -0.39 is 0 Å². The first-order valence-electron chi connectivity index (χ1n) is 6.45. The van der Waals surface area contributed by atoms with E-state index in [1.54, 1.807) is 18.3 Å². The molecule has 1 heterocycles. The van der Waals surface area contributed by atoms with Crippen molar-refractivity contribution >= 4 is 11.8 Å². The van der Waals surface area contributed by atoms with Crippen molar-refractivity contribution in [3.8, 4) is 5.75 Å². The van der Waals surface area contributed by atoms with E-state index >= 15 is 0 Å². The number of carbonyl (C=O) groups is 1. The maximum absolute atomic E-state index is 11.7. The molecular weight excluding hydrogens is 254 g/mol. The van der Waals surface area contributed by atoms with Crippen LogP contribution < -0.4 is 15.4 Å². The number of nitrogens with one attached hydrogen (secondary N) is 2. The molecule has 0 fully saturated rings. The van der Waals surface area contributed by atoms with Crippen molar-refractivity contribution in [1.29, 1.82) is 0 Å².